The van der Waals surface area contributed by atoms with E-state index in [1.54, 1.807) is 0 Å². The Kier molecular flexibility index (Phi) is 7.60. The van der Waals surface area contributed by atoms with Gasteiger partial charge in [0.05, 0.1) is 0 Å². The van der Waals surface area contributed by atoms with Gasteiger partial charge in [-0.2, -0.15) is 0 Å². The molecule has 31 heavy (non-hydrogen) atoms. The minimum atomic E-state index is -0.929. The van der Waals surface area contributed by atoms with Crippen molar-refractivity contribution in [1.29, 1.82) is 0 Å². The van der Waals surface area contributed by atoms with Crippen molar-refractivity contribution in [3.8, 4) is 0 Å². The lowest BCUT2D eigenvalue weighted by atomic mass is 9.97. The lowest BCUT2D eigenvalue weighted by Gasteiger charge is -2.17. The molecule has 166 valence electrons. The number of imide groups is 2. The number of allylic oxidation sites excluding steroid dienone is 1. The van der Waals surface area contributed by atoms with Gasteiger partial charge in [0.15, 0.2) is 0 Å². The van der Waals surface area contributed by atoms with Gasteiger partial charge >= 0.3 is 17.8 Å². The highest BCUT2D eigenvalue weighted by Crippen LogP contribution is 2.22. The molecule has 1 aliphatic carbocycles. The lowest BCUT2D eigenvalue weighted by Crippen LogP contribution is -2.42. The second-order valence-electron chi connectivity index (χ2n) is 8.49. The molecule has 0 spiro atoms. The average Bonchev–Trinajstić information content (AvgIpc) is 2.96. The lowest BCUT2D eigenvalue weighted by molar-refractivity contribution is -0.144. The molecule has 0 radical (unpaired) electrons. The molecule has 1 aromatic rings. The summed E-state index contributed by atoms with van der Waals surface area (Å²) in [4.78, 5) is 50.9. The van der Waals surface area contributed by atoms with E-state index in [9.17, 15) is 19.2 Å². The highest BCUT2D eigenvalue weighted by Gasteiger charge is 2.44. The molecule has 0 atom stereocenters. The fraction of sp³-hybridized carbons (Fsp3) is 0.500. The molecule has 0 bridgehead atoms. The van der Waals surface area contributed by atoms with Crippen LogP contribution in [0.3, 0.4) is 0 Å². The molecule has 1 fully saturated rings. The number of hydrogen-bond donors (Lipinski definition) is 1. The third-order valence-electron chi connectivity index (χ3n) is 5.86. The van der Waals surface area contributed by atoms with Crippen molar-refractivity contribution in [3.63, 3.8) is 0 Å². The first-order valence-electron chi connectivity index (χ1n) is 11.1. The molecule has 1 saturated heterocycles. The Hall–Kier alpha value is -2.96. The molecule has 2 aliphatic rings. The summed E-state index contributed by atoms with van der Waals surface area (Å²) in [6.07, 6.45) is 7.64. The van der Waals surface area contributed by atoms with E-state index in [1.807, 2.05) is 12.1 Å². The number of carbonyl (C=O) groups is 4. The van der Waals surface area contributed by atoms with Gasteiger partial charge in [-0.1, -0.05) is 49.8 Å². The number of hydrogen-bond acceptors (Lipinski definition) is 4. The molecule has 1 N–H and O–H groups in total. The first-order chi connectivity index (χ1) is 14.9. The maximum Gasteiger partial charge on any atom is 0.334 e. The normalized spacial score (nSPS) is 16.9. The number of rotatable bonds is 9. The number of nitrogens with zero attached hydrogens (tertiary/aromatic N) is 2. The van der Waals surface area contributed by atoms with Gasteiger partial charge in [0.1, 0.15) is 6.54 Å². The van der Waals surface area contributed by atoms with Crippen LogP contribution >= 0.6 is 0 Å². The summed E-state index contributed by atoms with van der Waals surface area (Å²) in [5, 5.41) is 2.73. The number of amides is 5. The van der Waals surface area contributed by atoms with Crippen molar-refractivity contribution >= 4 is 23.8 Å². The monoisotopic (exact) mass is 425 g/mol. The van der Waals surface area contributed by atoms with E-state index < -0.39 is 30.3 Å². The Bertz CT molecular complexity index is 873. The van der Waals surface area contributed by atoms with Crippen LogP contribution < -0.4 is 5.32 Å². The average molecular weight is 426 g/mol. The van der Waals surface area contributed by atoms with Crippen molar-refractivity contribution in [1.82, 2.24) is 15.1 Å². The molecule has 1 aliphatic heterocycles. The van der Waals surface area contributed by atoms with Crippen LogP contribution in [0.4, 0.5) is 4.79 Å². The van der Waals surface area contributed by atoms with E-state index in [0.717, 1.165) is 41.0 Å². The molecule has 5 amide bonds. The third kappa shape index (κ3) is 5.81. The smallest absolute Gasteiger partial charge is 0.334 e. The number of benzene rings is 1. The number of nitrogens with one attached hydrogen (secondary N) is 1. The van der Waals surface area contributed by atoms with Gasteiger partial charge < -0.3 is 5.32 Å². The van der Waals surface area contributed by atoms with Gasteiger partial charge in [0, 0.05) is 13.1 Å². The molecular formula is C24H31N3O4. The molecule has 7 nitrogen and oxygen atoms in total. The minimum absolute atomic E-state index is 0.180. The Labute approximate surface area is 183 Å². The van der Waals surface area contributed by atoms with Crippen LogP contribution in [0, 0.1) is 0 Å². The fourth-order valence-electron chi connectivity index (χ4n) is 3.89. The molecule has 1 aromatic carbocycles. The maximum absolute atomic E-state index is 12.5. The van der Waals surface area contributed by atoms with Crippen LogP contribution in [0.2, 0.25) is 0 Å². The van der Waals surface area contributed by atoms with Crippen molar-refractivity contribution < 1.29 is 19.2 Å². The van der Waals surface area contributed by atoms with Crippen LogP contribution in [0.15, 0.2) is 35.9 Å². The summed E-state index contributed by atoms with van der Waals surface area (Å²) >= 11 is 0. The molecule has 7 heteroatoms. The highest BCUT2D eigenvalue weighted by atomic mass is 16.2. The van der Waals surface area contributed by atoms with Gasteiger partial charge in [0.25, 0.3) is 0 Å². The molecular weight excluding hydrogens is 394 g/mol. The molecule has 3 rings (SSSR count). The van der Waals surface area contributed by atoms with E-state index in [-0.39, 0.29) is 6.54 Å². The Morgan fingerprint density at radius 3 is 2.35 bits per heavy atom. The second-order valence-corrected chi connectivity index (χ2v) is 8.49. The van der Waals surface area contributed by atoms with Gasteiger partial charge in [-0.3, -0.25) is 19.3 Å². The van der Waals surface area contributed by atoms with E-state index in [1.165, 1.54) is 11.1 Å². The first-order valence-corrected chi connectivity index (χ1v) is 11.1. The maximum atomic E-state index is 12.5. The summed E-state index contributed by atoms with van der Waals surface area (Å²) in [5.41, 5.74) is 3.57. The number of carbonyl (C=O) groups excluding carboxylic acids is 4. The predicted octanol–water partition coefficient (Wildman–Crippen LogP) is 3.15. The van der Waals surface area contributed by atoms with Gasteiger partial charge in [-0.05, 0) is 55.6 Å². The second kappa shape index (κ2) is 10.4. The predicted molar refractivity (Wildman–Crippen MR) is 117 cm³/mol. The van der Waals surface area contributed by atoms with Gasteiger partial charge in [-0.15, -0.1) is 0 Å². The summed E-state index contributed by atoms with van der Waals surface area (Å²) in [6.45, 7) is 4.40. The quantitative estimate of drug-likeness (QED) is 0.374. The van der Waals surface area contributed by atoms with E-state index >= 15 is 0 Å². The molecule has 0 aromatic heterocycles. The van der Waals surface area contributed by atoms with Crippen molar-refractivity contribution in [3.05, 3.63) is 47.0 Å². The van der Waals surface area contributed by atoms with E-state index in [4.69, 9.17) is 0 Å². The van der Waals surface area contributed by atoms with Crippen LogP contribution in [0.5, 0.6) is 0 Å². The van der Waals surface area contributed by atoms with Crippen molar-refractivity contribution in [2.45, 2.75) is 58.3 Å². The highest BCUT2D eigenvalue weighted by molar-refractivity contribution is 6.45. The topological polar surface area (TPSA) is 86.8 Å². The van der Waals surface area contributed by atoms with E-state index in [2.05, 4.69) is 37.4 Å². The zero-order chi connectivity index (χ0) is 22.4. The van der Waals surface area contributed by atoms with Crippen LogP contribution in [-0.4, -0.2) is 53.2 Å². The van der Waals surface area contributed by atoms with Crippen molar-refractivity contribution in [2.24, 2.45) is 0 Å². The summed E-state index contributed by atoms with van der Waals surface area (Å²) in [5.74, 6) is -1.77. The Morgan fingerprint density at radius 1 is 1.00 bits per heavy atom. The molecule has 0 saturated carbocycles. The molecule has 0 unspecified atom stereocenters. The number of urea groups is 1. The first kappa shape index (κ1) is 22.7. The SMILES string of the molecule is CC(C)c1ccc(CCNC(=O)CN2C(=O)C(=O)N(CCC3=CCCCC3)C2=O)cc1. The fourth-order valence-corrected chi connectivity index (χ4v) is 3.89. The standard InChI is InChI=1S/C24H31N3O4/c1-17(2)20-10-8-19(9-11-20)12-14-25-21(28)16-27-23(30)22(29)26(24(27)31)15-13-18-6-4-3-5-7-18/h6,8-11,17H,3-5,7,12-16H2,1-2H3,(H,25,28). The van der Waals surface area contributed by atoms with Gasteiger partial charge in [-0.25, -0.2) is 9.69 Å². The van der Waals surface area contributed by atoms with Crippen molar-refractivity contribution in [2.75, 3.05) is 19.6 Å². The van der Waals surface area contributed by atoms with E-state index in [0.29, 0.717) is 25.3 Å². The summed E-state index contributed by atoms with van der Waals surface area (Å²) in [6, 6.07) is 7.52. The zero-order valence-corrected chi connectivity index (χ0v) is 18.4. The minimum Gasteiger partial charge on any atom is -0.354 e. The van der Waals surface area contributed by atoms with Gasteiger partial charge in [0.2, 0.25) is 5.91 Å². The van der Waals surface area contributed by atoms with Crippen LogP contribution in [0.25, 0.3) is 0 Å². The zero-order valence-electron chi connectivity index (χ0n) is 18.4. The van der Waals surface area contributed by atoms with Crippen LogP contribution in [-0.2, 0) is 20.8 Å². The van der Waals surface area contributed by atoms with Crippen LogP contribution in [0.1, 0.15) is 63.0 Å². The largest absolute Gasteiger partial charge is 0.354 e. The Morgan fingerprint density at radius 2 is 1.71 bits per heavy atom. The summed E-state index contributed by atoms with van der Waals surface area (Å²) in [7, 11) is 0. The summed E-state index contributed by atoms with van der Waals surface area (Å²) < 4.78 is 0. The third-order valence-corrected chi connectivity index (χ3v) is 5.86. The Balaban J connectivity index is 1.46. The molecule has 1 heterocycles.